The largest absolute Gasteiger partial charge is 0.416 e. The molecule has 1 atom stereocenters. The molecule has 0 aliphatic heterocycles. The van der Waals surface area contributed by atoms with Gasteiger partial charge in [-0.25, -0.2) is 13.1 Å². The molecule has 2 N–H and O–H groups in total. The minimum absolute atomic E-state index is 0.0543. The number of hydrogen-bond donors (Lipinski definition) is 2. The Hall–Kier alpha value is -1.12. The van der Waals surface area contributed by atoms with Gasteiger partial charge in [-0.1, -0.05) is 13.8 Å². The number of aliphatic hydroxyl groups is 1. The predicted octanol–water partition coefficient (Wildman–Crippen LogP) is 2.39. The van der Waals surface area contributed by atoms with Gasteiger partial charge in [0.25, 0.3) is 0 Å². The lowest BCUT2D eigenvalue weighted by Crippen LogP contribution is -2.39. The van der Waals surface area contributed by atoms with Gasteiger partial charge in [0.2, 0.25) is 10.0 Å². The first kappa shape index (κ1) is 17.9. The van der Waals surface area contributed by atoms with Crippen LogP contribution in [0.4, 0.5) is 13.2 Å². The molecular formula is C13H18F3NO3S. The van der Waals surface area contributed by atoms with E-state index in [1.807, 2.05) is 0 Å². The molecule has 1 aromatic rings. The molecule has 0 saturated heterocycles. The number of sulfonamides is 1. The number of halogens is 3. The minimum Gasteiger partial charge on any atom is -0.396 e. The van der Waals surface area contributed by atoms with Crippen LogP contribution < -0.4 is 4.72 Å². The van der Waals surface area contributed by atoms with Crippen molar-refractivity contribution in [3.8, 4) is 0 Å². The fourth-order valence-corrected chi connectivity index (χ4v) is 3.18. The molecule has 0 radical (unpaired) electrons. The van der Waals surface area contributed by atoms with Crippen molar-refractivity contribution in [2.45, 2.75) is 37.4 Å². The van der Waals surface area contributed by atoms with E-state index < -0.39 is 27.8 Å². The molecule has 0 spiro atoms. The van der Waals surface area contributed by atoms with E-state index in [1.54, 1.807) is 13.8 Å². The van der Waals surface area contributed by atoms with Crippen LogP contribution in [0, 0.1) is 5.92 Å². The van der Waals surface area contributed by atoms with Crippen molar-refractivity contribution in [3.63, 3.8) is 0 Å². The Morgan fingerprint density at radius 2 is 1.71 bits per heavy atom. The van der Waals surface area contributed by atoms with Crippen molar-refractivity contribution in [2.75, 3.05) is 6.61 Å². The number of nitrogens with one attached hydrogen (secondary N) is 1. The van der Waals surface area contributed by atoms with E-state index in [9.17, 15) is 21.6 Å². The van der Waals surface area contributed by atoms with Crippen LogP contribution in [0.5, 0.6) is 0 Å². The molecule has 0 fully saturated rings. The van der Waals surface area contributed by atoms with E-state index >= 15 is 0 Å². The van der Waals surface area contributed by atoms with Crippen molar-refractivity contribution in [1.29, 1.82) is 0 Å². The lowest BCUT2D eigenvalue weighted by atomic mass is 10.0. The summed E-state index contributed by atoms with van der Waals surface area (Å²) in [6.07, 6.45) is -4.27. The molecule has 0 heterocycles. The summed E-state index contributed by atoms with van der Waals surface area (Å²) in [5.41, 5.74) is -0.905. The molecule has 1 rings (SSSR count). The Labute approximate surface area is 122 Å². The van der Waals surface area contributed by atoms with Crippen LogP contribution in [0.25, 0.3) is 0 Å². The fraction of sp³-hybridized carbons (Fsp3) is 0.538. The zero-order valence-corrected chi connectivity index (χ0v) is 12.5. The van der Waals surface area contributed by atoms with Crippen LogP contribution in [-0.2, 0) is 16.2 Å². The number of rotatable bonds is 6. The molecule has 0 aliphatic carbocycles. The van der Waals surface area contributed by atoms with E-state index in [0.29, 0.717) is 0 Å². The molecule has 4 nitrogen and oxygen atoms in total. The van der Waals surface area contributed by atoms with Crippen LogP contribution in [0.1, 0.15) is 25.8 Å². The van der Waals surface area contributed by atoms with Gasteiger partial charge in [0, 0.05) is 12.6 Å². The molecule has 1 unspecified atom stereocenters. The van der Waals surface area contributed by atoms with Gasteiger partial charge in [-0.15, -0.1) is 0 Å². The van der Waals surface area contributed by atoms with Crippen molar-refractivity contribution in [3.05, 3.63) is 29.8 Å². The first-order valence-corrected chi connectivity index (χ1v) is 7.86. The molecule has 120 valence electrons. The third-order valence-corrected chi connectivity index (χ3v) is 4.55. The quantitative estimate of drug-likeness (QED) is 0.844. The molecule has 21 heavy (non-hydrogen) atoms. The molecule has 0 aromatic heterocycles. The number of aliphatic hydroxyl groups excluding tert-OH is 1. The summed E-state index contributed by atoms with van der Waals surface area (Å²) in [5, 5.41) is 8.92. The Balaban J connectivity index is 2.97. The van der Waals surface area contributed by atoms with E-state index in [2.05, 4.69) is 4.72 Å². The standard InChI is InChI=1S/C13H18F3NO3S/c1-9(2)12(7-8-18)17-21(19,20)11-5-3-10(4-6-11)13(14,15)16/h3-6,9,12,17-18H,7-8H2,1-2H3. The van der Waals surface area contributed by atoms with Crippen molar-refractivity contribution in [1.82, 2.24) is 4.72 Å². The second-order valence-corrected chi connectivity index (χ2v) is 6.72. The maximum absolute atomic E-state index is 12.4. The maximum atomic E-state index is 12.4. The summed E-state index contributed by atoms with van der Waals surface area (Å²) in [6.45, 7) is 3.39. The molecule has 8 heteroatoms. The van der Waals surface area contributed by atoms with Crippen molar-refractivity contribution < 1.29 is 26.7 Å². The van der Waals surface area contributed by atoms with Crippen LogP contribution >= 0.6 is 0 Å². The summed E-state index contributed by atoms with van der Waals surface area (Å²) in [7, 11) is -3.92. The number of hydrogen-bond acceptors (Lipinski definition) is 3. The van der Waals surface area contributed by atoms with Crippen molar-refractivity contribution >= 4 is 10.0 Å². The van der Waals surface area contributed by atoms with Crippen LogP contribution in [0.2, 0.25) is 0 Å². The fourth-order valence-electron chi connectivity index (χ4n) is 1.76. The van der Waals surface area contributed by atoms with Gasteiger partial charge < -0.3 is 5.11 Å². The SMILES string of the molecule is CC(C)C(CCO)NS(=O)(=O)c1ccc(C(F)(F)F)cc1. The number of alkyl halides is 3. The summed E-state index contributed by atoms with van der Waals surface area (Å²) >= 11 is 0. The normalized spacial score (nSPS) is 14.4. The van der Waals surface area contributed by atoms with Crippen LogP contribution in [0.15, 0.2) is 29.2 Å². The van der Waals surface area contributed by atoms with E-state index in [0.717, 1.165) is 24.3 Å². The third kappa shape index (κ3) is 4.98. The Bertz CT molecular complexity index is 553. The zero-order valence-electron chi connectivity index (χ0n) is 11.7. The Morgan fingerprint density at radius 1 is 1.19 bits per heavy atom. The second-order valence-electron chi connectivity index (χ2n) is 5.01. The molecular weight excluding hydrogens is 307 g/mol. The zero-order chi connectivity index (χ0) is 16.3. The van der Waals surface area contributed by atoms with Gasteiger partial charge in [-0.2, -0.15) is 13.2 Å². The summed E-state index contributed by atoms with van der Waals surface area (Å²) in [6, 6.07) is 2.81. The van der Waals surface area contributed by atoms with Crippen LogP contribution in [-0.4, -0.2) is 26.2 Å². The van der Waals surface area contributed by atoms with Crippen LogP contribution in [0.3, 0.4) is 0 Å². The smallest absolute Gasteiger partial charge is 0.396 e. The lowest BCUT2D eigenvalue weighted by molar-refractivity contribution is -0.137. The monoisotopic (exact) mass is 325 g/mol. The van der Waals surface area contributed by atoms with Gasteiger partial charge in [0.05, 0.1) is 10.5 Å². The molecule has 0 saturated carbocycles. The molecule has 0 bridgehead atoms. The van der Waals surface area contributed by atoms with E-state index in [4.69, 9.17) is 5.11 Å². The second kappa shape index (κ2) is 6.76. The molecule has 0 amide bonds. The Kier molecular flexibility index (Phi) is 5.77. The third-order valence-electron chi connectivity index (χ3n) is 3.04. The topological polar surface area (TPSA) is 66.4 Å². The minimum atomic E-state index is -4.51. The van der Waals surface area contributed by atoms with Gasteiger partial charge in [-0.05, 0) is 36.6 Å². The summed E-state index contributed by atoms with van der Waals surface area (Å²) in [5.74, 6) is -0.0543. The van der Waals surface area contributed by atoms with E-state index in [1.165, 1.54) is 0 Å². The van der Waals surface area contributed by atoms with Crippen molar-refractivity contribution in [2.24, 2.45) is 5.92 Å². The van der Waals surface area contributed by atoms with Gasteiger partial charge in [0.15, 0.2) is 0 Å². The van der Waals surface area contributed by atoms with Gasteiger partial charge >= 0.3 is 6.18 Å². The predicted molar refractivity (Wildman–Crippen MR) is 72.1 cm³/mol. The first-order chi connectivity index (χ1) is 9.58. The first-order valence-electron chi connectivity index (χ1n) is 6.38. The molecule has 1 aromatic carbocycles. The highest BCUT2D eigenvalue weighted by molar-refractivity contribution is 7.89. The van der Waals surface area contributed by atoms with Gasteiger partial charge in [-0.3, -0.25) is 0 Å². The van der Waals surface area contributed by atoms with E-state index in [-0.39, 0.29) is 23.8 Å². The summed E-state index contributed by atoms with van der Waals surface area (Å²) < 4.78 is 63.9. The summed E-state index contributed by atoms with van der Waals surface area (Å²) in [4.78, 5) is -0.237. The average Bonchev–Trinajstić information content (AvgIpc) is 2.37. The Morgan fingerprint density at radius 3 is 2.10 bits per heavy atom. The lowest BCUT2D eigenvalue weighted by Gasteiger charge is -2.21. The number of benzene rings is 1. The highest BCUT2D eigenvalue weighted by Crippen LogP contribution is 2.29. The highest BCUT2D eigenvalue weighted by Gasteiger charge is 2.31. The molecule has 0 aliphatic rings. The maximum Gasteiger partial charge on any atom is 0.416 e. The highest BCUT2D eigenvalue weighted by atomic mass is 32.2. The van der Waals surface area contributed by atoms with Gasteiger partial charge in [0.1, 0.15) is 0 Å². The average molecular weight is 325 g/mol.